The summed E-state index contributed by atoms with van der Waals surface area (Å²) in [6.45, 7) is 1.62. The summed E-state index contributed by atoms with van der Waals surface area (Å²) >= 11 is 1.72. The van der Waals surface area contributed by atoms with Crippen molar-refractivity contribution in [3.63, 3.8) is 0 Å². The Bertz CT molecular complexity index is 895. The van der Waals surface area contributed by atoms with Crippen molar-refractivity contribution in [2.75, 3.05) is 12.9 Å². The number of hydrogen-bond donors (Lipinski definition) is 4. The Hall–Kier alpha value is -1.41. The molecular formula is C24H30O5S. The molecule has 0 saturated carbocycles. The summed E-state index contributed by atoms with van der Waals surface area (Å²) in [6, 6.07) is 10.7. The van der Waals surface area contributed by atoms with Crippen LogP contribution in [0.2, 0.25) is 0 Å². The van der Waals surface area contributed by atoms with E-state index in [-0.39, 0.29) is 0 Å². The van der Waals surface area contributed by atoms with Gasteiger partial charge in [0.2, 0.25) is 0 Å². The zero-order chi connectivity index (χ0) is 21.4. The summed E-state index contributed by atoms with van der Waals surface area (Å²) in [5, 5.41) is 40.7. The van der Waals surface area contributed by atoms with Crippen molar-refractivity contribution in [3.8, 4) is 0 Å². The summed E-state index contributed by atoms with van der Waals surface area (Å²) in [4.78, 5) is 1.23. The minimum atomic E-state index is -1.36. The molecule has 0 amide bonds. The average molecular weight is 431 g/mol. The number of thioether (sulfide) groups is 1. The fraction of sp³-hybridized carbons (Fsp3) is 0.500. The standard InChI is InChI=1S/C24H30O5S/c1-13-17-4-3-5-18(17)15(10-14-6-8-16(30-2)9-7-14)11-19(13)24-23(28)22(27)21(26)20(12-25)29-24/h6-9,11,20-28H,3-5,10,12H2,1-2H3/t20-,21+,22+,23+,24+/m1/s1. The summed E-state index contributed by atoms with van der Waals surface area (Å²) in [6.07, 6.45) is 0.348. The fourth-order valence-corrected chi connectivity index (χ4v) is 5.25. The monoisotopic (exact) mass is 430 g/mol. The number of fused-ring (bicyclic) bond motifs is 1. The van der Waals surface area contributed by atoms with E-state index in [1.54, 1.807) is 11.8 Å². The molecule has 6 heteroatoms. The van der Waals surface area contributed by atoms with Crippen LogP contribution in [0.1, 0.15) is 45.9 Å². The van der Waals surface area contributed by atoms with Crippen LogP contribution in [-0.4, -0.2) is 57.7 Å². The molecule has 1 heterocycles. The highest BCUT2D eigenvalue weighted by Crippen LogP contribution is 2.39. The van der Waals surface area contributed by atoms with Gasteiger partial charge in [0.1, 0.15) is 30.5 Å². The van der Waals surface area contributed by atoms with E-state index in [4.69, 9.17) is 4.74 Å². The highest BCUT2D eigenvalue weighted by atomic mass is 32.2. The molecule has 5 atom stereocenters. The first-order valence-electron chi connectivity index (χ1n) is 10.5. The first kappa shape index (κ1) is 21.8. The quantitative estimate of drug-likeness (QED) is 0.545. The maximum atomic E-state index is 10.7. The minimum absolute atomic E-state index is 0.417. The zero-order valence-corrected chi connectivity index (χ0v) is 18.2. The second-order valence-corrected chi connectivity index (χ2v) is 9.21. The first-order chi connectivity index (χ1) is 14.4. The van der Waals surface area contributed by atoms with Crippen molar-refractivity contribution < 1.29 is 25.2 Å². The first-order valence-corrected chi connectivity index (χ1v) is 11.7. The number of rotatable bonds is 5. The topological polar surface area (TPSA) is 90.2 Å². The molecule has 0 radical (unpaired) electrons. The molecule has 1 saturated heterocycles. The molecule has 2 aromatic rings. The smallest absolute Gasteiger partial charge is 0.113 e. The predicted octanol–water partition coefficient (Wildman–Crippen LogP) is 2.31. The van der Waals surface area contributed by atoms with Crippen LogP contribution in [0, 0.1) is 6.92 Å². The average Bonchev–Trinajstić information content (AvgIpc) is 3.26. The number of hydrogen-bond acceptors (Lipinski definition) is 6. The number of aliphatic hydroxyl groups excluding tert-OH is 4. The Morgan fingerprint density at radius 1 is 1.00 bits per heavy atom. The lowest BCUT2D eigenvalue weighted by Crippen LogP contribution is -2.55. The summed E-state index contributed by atoms with van der Waals surface area (Å²) in [5.41, 5.74) is 7.05. The Morgan fingerprint density at radius 3 is 2.37 bits per heavy atom. The summed E-state index contributed by atoms with van der Waals surface area (Å²) in [5.74, 6) is 0. The molecule has 0 unspecified atom stereocenters. The maximum Gasteiger partial charge on any atom is 0.113 e. The van der Waals surface area contributed by atoms with Crippen molar-refractivity contribution in [2.24, 2.45) is 0 Å². The Morgan fingerprint density at radius 2 is 1.70 bits per heavy atom. The van der Waals surface area contributed by atoms with Crippen LogP contribution >= 0.6 is 11.8 Å². The van der Waals surface area contributed by atoms with Crippen LogP contribution in [0.5, 0.6) is 0 Å². The van der Waals surface area contributed by atoms with Crippen LogP contribution in [0.3, 0.4) is 0 Å². The van der Waals surface area contributed by atoms with Gasteiger partial charge in [-0.3, -0.25) is 0 Å². The molecule has 4 rings (SSSR count). The second kappa shape index (κ2) is 8.99. The third-order valence-corrected chi connectivity index (χ3v) is 7.32. The lowest BCUT2D eigenvalue weighted by Gasteiger charge is -2.41. The van der Waals surface area contributed by atoms with Crippen LogP contribution in [-0.2, 0) is 24.0 Å². The van der Waals surface area contributed by atoms with Gasteiger partial charge in [0.05, 0.1) is 6.61 Å². The van der Waals surface area contributed by atoms with Crippen LogP contribution in [0.15, 0.2) is 35.2 Å². The van der Waals surface area contributed by atoms with Gasteiger partial charge >= 0.3 is 0 Å². The molecule has 1 aliphatic carbocycles. The molecule has 2 aliphatic rings. The normalized spacial score (nSPS) is 28.5. The lowest BCUT2D eigenvalue weighted by atomic mass is 9.84. The van der Waals surface area contributed by atoms with Crippen LogP contribution in [0.4, 0.5) is 0 Å². The van der Waals surface area contributed by atoms with E-state index in [0.717, 1.165) is 36.8 Å². The van der Waals surface area contributed by atoms with E-state index in [2.05, 4.69) is 36.6 Å². The number of benzene rings is 2. The molecule has 30 heavy (non-hydrogen) atoms. The lowest BCUT2D eigenvalue weighted by molar-refractivity contribution is -0.231. The second-order valence-electron chi connectivity index (χ2n) is 8.33. The minimum Gasteiger partial charge on any atom is -0.394 e. The number of aliphatic hydroxyl groups is 4. The molecule has 4 N–H and O–H groups in total. The van der Waals surface area contributed by atoms with E-state index in [1.165, 1.54) is 27.1 Å². The summed E-state index contributed by atoms with van der Waals surface area (Å²) in [7, 11) is 0. The molecule has 0 bridgehead atoms. The van der Waals surface area contributed by atoms with Gasteiger partial charge in [-0.15, -0.1) is 11.8 Å². The molecule has 162 valence electrons. The highest BCUT2D eigenvalue weighted by Gasteiger charge is 2.44. The molecule has 0 aromatic heterocycles. The van der Waals surface area contributed by atoms with Crippen molar-refractivity contribution in [1.82, 2.24) is 0 Å². The van der Waals surface area contributed by atoms with Gasteiger partial charge in [0.25, 0.3) is 0 Å². The largest absolute Gasteiger partial charge is 0.394 e. The van der Waals surface area contributed by atoms with Crippen molar-refractivity contribution in [1.29, 1.82) is 0 Å². The van der Waals surface area contributed by atoms with E-state index in [1.807, 2.05) is 6.92 Å². The molecule has 2 aromatic carbocycles. The highest BCUT2D eigenvalue weighted by molar-refractivity contribution is 7.98. The van der Waals surface area contributed by atoms with Gasteiger partial charge in [-0.2, -0.15) is 0 Å². The van der Waals surface area contributed by atoms with E-state index in [0.29, 0.717) is 0 Å². The fourth-order valence-electron chi connectivity index (χ4n) is 4.84. The van der Waals surface area contributed by atoms with Gasteiger partial charge in [-0.25, -0.2) is 0 Å². The van der Waals surface area contributed by atoms with E-state index in [9.17, 15) is 20.4 Å². The Balaban J connectivity index is 1.72. The van der Waals surface area contributed by atoms with Crippen LogP contribution < -0.4 is 0 Å². The van der Waals surface area contributed by atoms with Crippen molar-refractivity contribution >= 4 is 11.8 Å². The predicted molar refractivity (Wildman–Crippen MR) is 117 cm³/mol. The summed E-state index contributed by atoms with van der Waals surface area (Å²) < 4.78 is 5.88. The van der Waals surface area contributed by atoms with Gasteiger partial charge in [0.15, 0.2) is 0 Å². The third-order valence-electron chi connectivity index (χ3n) is 6.57. The van der Waals surface area contributed by atoms with Gasteiger partial charge < -0.3 is 25.2 Å². The van der Waals surface area contributed by atoms with Crippen molar-refractivity contribution in [2.45, 2.75) is 68.0 Å². The molecule has 0 spiro atoms. The zero-order valence-electron chi connectivity index (χ0n) is 17.4. The van der Waals surface area contributed by atoms with Gasteiger partial charge in [0, 0.05) is 4.90 Å². The third kappa shape index (κ3) is 3.93. The van der Waals surface area contributed by atoms with E-state index < -0.39 is 37.1 Å². The Kier molecular flexibility index (Phi) is 6.53. The van der Waals surface area contributed by atoms with E-state index >= 15 is 0 Å². The van der Waals surface area contributed by atoms with Gasteiger partial charge in [-0.05, 0) is 84.4 Å². The molecule has 1 fully saturated rings. The molecule has 5 nitrogen and oxygen atoms in total. The van der Waals surface area contributed by atoms with Crippen LogP contribution in [0.25, 0.3) is 0 Å². The van der Waals surface area contributed by atoms with Gasteiger partial charge in [-0.1, -0.05) is 18.2 Å². The molecule has 1 aliphatic heterocycles. The number of ether oxygens (including phenoxy) is 1. The SMILES string of the molecule is CSc1ccc(Cc2cc([C@@H]3O[C@H](CO)[C@H](O)[C@H](O)[C@@H]3O)c(C)c3c2CCC3)cc1. The van der Waals surface area contributed by atoms with Crippen molar-refractivity contribution in [3.05, 3.63) is 63.7 Å². The Labute approximate surface area is 181 Å². The maximum absolute atomic E-state index is 10.7. The molecular weight excluding hydrogens is 400 g/mol.